The minimum atomic E-state index is -0.993. The highest BCUT2D eigenvalue weighted by Crippen LogP contribution is 2.41. The Labute approximate surface area is 230 Å². The van der Waals surface area contributed by atoms with E-state index in [1.165, 1.54) is 13.2 Å². The molecule has 8 heteroatoms. The summed E-state index contributed by atoms with van der Waals surface area (Å²) in [5.41, 5.74) is 2.68. The first kappa shape index (κ1) is 29.8. The summed E-state index contributed by atoms with van der Waals surface area (Å²) in [6, 6.07) is 14.0. The Bertz CT molecular complexity index is 1220. The Morgan fingerprint density at radius 1 is 0.615 bits per heavy atom. The molecule has 0 aromatic heterocycles. The molecular weight excluding hydrogens is 500 g/mol. The molecule has 3 N–H and O–H groups in total. The van der Waals surface area contributed by atoms with E-state index in [-0.39, 0.29) is 17.2 Å². The molecule has 0 unspecified atom stereocenters. The van der Waals surface area contributed by atoms with Crippen LogP contribution in [0.2, 0.25) is 0 Å². The van der Waals surface area contributed by atoms with Crippen LogP contribution in [0.25, 0.3) is 0 Å². The van der Waals surface area contributed by atoms with Crippen LogP contribution >= 0.6 is 0 Å². The fourth-order valence-electron chi connectivity index (χ4n) is 4.56. The van der Waals surface area contributed by atoms with Gasteiger partial charge in [0.05, 0.1) is 28.4 Å². The van der Waals surface area contributed by atoms with Crippen molar-refractivity contribution in [2.75, 3.05) is 28.4 Å². The summed E-state index contributed by atoms with van der Waals surface area (Å²) >= 11 is 0. The van der Waals surface area contributed by atoms with Crippen molar-refractivity contribution >= 4 is 0 Å². The van der Waals surface area contributed by atoms with E-state index in [4.69, 9.17) is 23.7 Å². The van der Waals surface area contributed by atoms with E-state index in [0.717, 1.165) is 24.0 Å². The average molecular weight is 541 g/mol. The van der Waals surface area contributed by atoms with Crippen molar-refractivity contribution in [3.63, 3.8) is 0 Å². The molecule has 0 fully saturated rings. The van der Waals surface area contributed by atoms with Crippen LogP contribution in [0.15, 0.2) is 48.5 Å². The van der Waals surface area contributed by atoms with Crippen LogP contribution in [0.5, 0.6) is 40.2 Å². The van der Waals surface area contributed by atoms with Gasteiger partial charge in [0.25, 0.3) is 0 Å². The number of ether oxygens (including phenoxy) is 5. The highest BCUT2D eigenvalue weighted by molar-refractivity contribution is 5.54. The predicted molar refractivity (Wildman–Crippen MR) is 150 cm³/mol. The van der Waals surface area contributed by atoms with Gasteiger partial charge in [-0.3, -0.25) is 0 Å². The second kappa shape index (κ2) is 13.3. The molecule has 212 valence electrons. The zero-order valence-corrected chi connectivity index (χ0v) is 23.7. The van der Waals surface area contributed by atoms with E-state index in [0.29, 0.717) is 40.4 Å². The molecule has 0 aliphatic rings. The maximum absolute atomic E-state index is 10.9. The predicted octanol–water partition coefficient (Wildman–Crippen LogP) is 5.69. The molecule has 0 aliphatic heterocycles. The molecule has 0 heterocycles. The molecule has 39 heavy (non-hydrogen) atoms. The van der Waals surface area contributed by atoms with E-state index in [1.54, 1.807) is 46.5 Å². The van der Waals surface area contributed by atoms with Crippen LogP contribution in [0, 0.1) is 11.8 Å². The third-order valence-corrected chi connectivity index (χ3v) is 7.14. The molecule has 0 spiro atoms. The van der Waals surface area contributed by atoms with E-state index < -0.39 is 12.2 Å². The summed E-state index contributed by atoms with van der Waals surface area (Å²) in [6.07, 6.45) is -0.0262. The zero-order valence-electron chi connectivity index (χ0n) is 23.7. The number of hydrogen-bond donors (Lipinski definition) is 3. The van der Waals surface area contributed by atoms with Crippen molar-refractivity contribution < 1.29 is 39.0 Å². The Balaban J connectivity index is 1.76. The summed E-state index contributed by atoms with van der Waals surface area (Å²) < 4.78 is 27.9. The van der Waals surface area contributed by atoms with Crippen LogP contribution < -0.4 is 23.7 Å². The first-order valence-electron chi connectivity index (χ1n) is 12.9. The van der Waals surface area contributed by atoms with Gasteiger partial charge in [0, 0.05) is 0 Å². The lowest BCUT2D eigenvalue weighted by Gasteiger charge is -2.25. The molecule has 0 aliphatic carbocycles. The first-order chi connectivity index (χ1) is 18.6. The normalized spacial score (nSPS) is 14.2. The number of phenols is 2. The van der Waals surface area contributed by atoms with Crippen molar-refractivity contribution in [2.45, 2.75) is 45.8 Å². The average Bonchev–Trinajstić information content (AvgIpc) is 2.94. The summed E-state index contributed by atoms with van der Waals surface area (Å²) in [5, 5.41) is 30.7. The van der Waals surface area contributed by atoms with Crippen molar-refractivity contribution in [3.05, 3.63) is 65.2 Å². The molecule has 0 saturated heterocycles. The highest BCUT2D eigenvalue weighted by atomic mass is 16.5. The van der Waals surface area contributed by atoms with Gasteiger partial charge in [-0.25, -0.2) is 0 Å². The maximum atomic E-state index is 10.9. The molecule has 3 rings (SSSR count). The lowest BCUT2D eigenvalue weighted by molar-refractivity contribution is 0.0433. The van der Waals surface area contributed by atoms with Gasteiger partial charge in [-0.2, -0.15) is 0 Å². The molecule has 0 bridgehead atoms. The van der Waals surface area contributed by atoms with E-state index in [1.807, 2.05) is 24.3 Å². The molecule has 3 aromatic carbocycles. The number of aliphatic hydroxyl groups excluding tert-OH is 1. The zero-order chi connectivity index (χ0) is 28.7. The number of phenolic OH excluding ortho intramolecular Hbond substituents is 2. The van der Waals surface area contributed by atoms with Gasteiger partial charge < -0.3 is 39.0 Å². The number of aromatic hydroxyl groups is 2. The largest absolute Gasteiger partial charge is 0.504 e. The molecule has 8 nitrogen and oxygen atoms in total. The topological polar surface area (TPSA) is 107 Å². The summed E-state index contributed by atoms with van der Waals surface area (Å²) in [7, 11) is 6.14. The molecule has 3 aromatic rings. The summed E-state index contributed by atoms with van der Waals surface area (Å²) in [5.74, 6) is 2.97. The second-order valence-corrected chi connectivity index (χ2v) is 9.90. The van der Waals surface area contributed by atoms with E-state index >= 15 is 0 Å². The van der Waals surface area contributed by atoms with Crippen molar-refractivity contribution in [2.24, 2.45) is 11.8 Å². The number of rotatable bonds is 13. The van der Waals surface area contributed by atoms with Gasteiger partial charge in [0.1, 0.15) is 12.2 Å². The lowest BCUT2D eigenvalue weighted by atomic mass is 9.85. The van der Waals surface area contributed by atoms with Crippen LogP contribution in [0.1, 0.15) is 43.6 Å². The third kappa shape index (κ3) is 7.20. The Kier molecular flexibility index (Phi) is 10.2. The van der Waals surface area contributed by atoms with Gasteiger partial charge in [0.2, 0.25) is 5.75 Å². The minimum Gasteiger partial charge on any atom is -0.504 e. The number of methoxy groups -OCH3 is 4. The molecule has 0 saturated carbocycles. The van der Waals surface area contributed by atoms with Crippen LogP contribution in [-0.2, 0) is 12.8 Å². The molecular formula is C31H40O8. The van der Waals surface area contributed by atoms with Gasteiger partial charge in [-0.05, 0) is 84.7 Å². The smallest absolute Gasteiger partial charge is 0.203 e. The second-order valence-electron chi connectivity index (χ2n) is 9.90. The van der Waals surface area contributed by atoms with E-state index in [2.05, 4.69) is 13.8 Å². The van der Waals surface area contributed by atoms with Crippen LogP contribution in [0.4, 0.5) is 0 Å². The quantitative estimate of drug-likeness (QED) is 0.254. The minimum absolute atomic E-state index is 0.00714. The fraction of sp³-hybridized carbons (Fsp3) is 0.419. The van der Waals surface area contributed by atoms with Gasteiger partial charge in [-0.15, -0.1) is 0 Å². The Morgan fingerprint density at radius 3 is 1.62 bits per heavy atom. The maximum Gasteiger partial charge on any atom is 0.203 e. The lowest BCUT2D eigenvalue weighted by Crippen LogP contribution is -2.22. The number of aliphatic hydroxyl groups is 1. The Morgan fingerprint density at radius 2 is 1.08 bits per heavy atom. The first-order valence-corrected chi connectivity index (χ1v) is 12.9. The number of benzene rings is 3. The van der Waals surface area contributed by atoms with Crippen molar-refractivity contribution in [3.8, 4) is 40.2 Å². The van der Waals surface area contributed by atoms with Crippen LogP contribution in [-0.4, -0.2) is 49.9 Å². The monoisotopic (exact) mass is 540 g/mol. The van der Waals surface area contributed by atoms with Gasteiger partial charge >= 0.3 is 0 Å². The molecule has 4 atom stereocenters. The standard InChI is InChI=1S/C31H40O8/c1-18(12-21-8-10-24(32)26(14-21)35-4)19(2)13-22-15-28(37-6)31(29(16-22)38-7)39-20(3)30(34)23-9-11-25(33)27(17-23)36-5/h8-11,14-20,30,32-34H,12-13H2,1-7H3/t18-,19+,20-,30+/m0/s1. The molecule has 0 amide bonds. The number of hydrogen-bond acceptors (Lipinski definition) is 8. The molecule has 0 radical (unpaired) electrons. The highest BCUT2D eigenvalue weighted by Gasteiger charge is 2.24. The summed E-state index contributed by atoms with van der Waals surface area (Å²) in [4.78, 5) is 0. The van der Waals surface area contributed by atoms with Gasteiger partial charge in [0.15, 0.2) is 34.5 Å². The third-order valence-electron chi connectivity index (χ3n) is 7.14. The van der Waals surface area contributed by atoms with E-state index in [9.17, 15) is 15.3 Å². The van der Waals surface area contributed by atoms with Crippen molar-refractivity contribution in [1.29, 1.82) is 0 Å². The van der Waals surface area contributed by atoms with Crippen molar-refractivity contribution in [1.82, 2.24) is 0 Å². The van der Waals surface area contributed by atoms with Crippen LogP contribution in [0.3, 0.4) is 0 Å². The fourth-order valence-corrected chi connectivity index (χ4v) is 4.56. The SMILES string of the molecule is COc1cc(C[C@H](C)[C@H](C)Cc2cc(OC)c(O[C@@H](C)[C@@H](O)c3ccc(O)c(OC)c3)c(OC)c2)ccc1O. The van der Waals surface area contributed by atoms with Gasteiger partial charge in [-0.1, -0.05) is 26.0 Å². The Hall–Kier alpha value is -3.78. The summed E-state index contributed by atoms with van der Waals surface area (Å²) in [6.45, 7) is 6.16.